The third-order valence-corrected chi connectivity index (χ3v) is 5.78. The summed E-state index contributed by atoms with van der Waals surface area (Å²) in [7, 11) is 0. The monoisotopic (exact) mass is 442 g/mol. The van der Waals surface area contributed by atoms with Crippen LogP contribution in [0.3, 0.4) is 0 Å². The Morgan fingerprint density at radius 2 is 1.78 bits per heavy atom. The number of hydrogen-bond acceptors (Lipinski definition) is 7. The zero-order chi connectivity index (χ0) is 21.9. The molecule has 0 saturated heterocycles. The molecule has 0 unspecified atom stereocenters. The zero-order valence-electron chi connectivity index (χ0n) is 17.8. The number of benzene rings is 2. The van der Waals surface area contributed by atoms with Crippen molar-refractivity contribution in [2.75, 3.05) is 5.32 Å². The number of thiazole rings is 1. The molecule has 1 N–H and O–H groups in total. The van der Waals surface area contributed by atoms with Gasteiger partial charge in [-0.1, -0.05) is 43.4 Å². The van der Waals surface area contributed by atoms with E-state index in [1.807, 2.05) is 65.4 Å². The van der Waals surface area contributed by atoms with Gasteiger partial charge in [-0.3, -0.25) is 0 Å². The predicted octanol–water partition coefficient (Wildman–Crippen LogP) is 6.14. The first-order valence-electron chi connectivity index (χ1n) is 10.4. The van der Waals surface area contributed by atoms with E-state index in [0.717, 1.165) is 33.5 Å². The first kappa shape index (κ1) is 20.1. The normalized spacial score (nSPS) is 11.2. The van der Waals surface area contributed by atoms with Crippen LogP contribution in [-0.4, -0.2) is 24.5 Å². The van der Waals surface area contributed by atoms with Gasteiger partial charge in [0.25, 0.3) is 5.88 Å². The van der Waals surface area contributed by atoms with E-state index in [-0.39, 0.29) is 0 Å². The van der Waals surface area contributed by atoms with E-state index in [1.165, 1.54) is 6.33 Å². The molecule has 0 aliphatic heterocycles. The van der Waals surface area contributed by atoms with Crippen LogP contribution in [0.4, 0.5) is 10.8 Å². The van der Waals surface area contributed by atoms with Crippen molar-refractivity contribution in [2.24, 2.45) is 5.92 Å². The lowest BCUT2D eigenvalue weighted by Crippen LogP contribution is -2.03. The average molecular weight is 443 g/mol. The fourth-order valence-electron chi connectivity index (χ4n) is 3.37. The lowest BCUT2D eigenvalue weighted by atomic mass is 10.2. The average Bonchev–Trinajstić information content (AvgIpc) is 3.43. The van der Waals surface area contributed by atoms with Gasteiger partial charge in [-0.05, 0) is 47.9 Å². The smallest absolute Gasteiger partial charge is 0.250 e. The van der Waals surface area contributed by atoms with E-state index in [2.05, 4.69) is 39.1 Å². The second kappa shape index (κ2) is 8.76. The molecular weight excluding hydrogens is 420 g/mol. The van der Waals surface area contributed by atoms with Crippen LogP contribution >= 0.6 is 11.3 Å². The van der Waals surface area contributed by atoms with Gasteiger partial charge in [0.2, 0.25) is 0 Å². The van der Waals surface area contributed by atoms with Crippen LogP contribution in [0, 0.1) is 5.92 Å². The number of nitrogens with one attached hydrogen (secondary N) is 1. The third-order valence-electron chi connectivity index (χ3n) is 4.81. The molecule has 7 nitrogen and oxygen atoms in total. The van der Waals surface area contributed by atoms with Crippen LogP contribution < -0.4 is 10.1 Å². The zero-order valence-corrected chi connectivity index (χ0v) is 18.6. The molecule has 0 saturated carbocycles. The van der Waals surface area contributed by atoms with Crippen molar-refractivity contribution in [3.05, 3.63) is 73.4 Å². The molecule has 0 radical (unpaired) electrons. The van der Waals surface area contributed by atoms with Crippen LogP contribution in [0.15, 0.2) is 73.4 Å². The molecule has 3 heterocycles. The maximum Gasteiger partial charge on any atom is 0.250 e. The molecule has 5 aromatic rings. The van der Waals surface area contributed by atoms with E-state index in [9.17, 15) is 0 Å². The second-order valence-corrected chi connectivity index (χ2v) is 8.82. The maximum atomic E-state index is 6.03. The lowest BCUT2D eigenvalue weighted by molar-refractivity contribution is 0.467. The summed E-state index contributed by atoms with van der Waals surface area (Å²) in [6.45, 7) is 5.17. The highest BCUT2D eigenvalue weighted by atomic mass is 32.1. The molecule has 160 valence electrons. The largest absolute Gasteiger partial charge is 0.437 e. The molecule has 3 aromatic heterocycles. The van der Waals surface area contributed by atoms with Gasteiger partial charge in [0.15, 0.2) is 16.3 Å². The Balaban J connectivity index is 1.32. The number of para-hydroxylation sites is 1. The Morgan fingerprint density at radius 3 is 2.56 bits per heavy atom. The summed E-state index contributed by atoms with van der Waals surface area (Å²) in [6, 6.07) is 17.9. The van der Waals surface area contributed by atoms with E-state index in [0.29, 0.717) is 23.1 Å². The third kappa shape index (κ3) is 4.31. The number of fused-ring (bicyclic) bond motifs is 1. The minimum atomic E-state index is 0.456. The molecule has 0 spiro atoms. The lowest BCUT2D eigenvalue weighted by Gasteiger charge is -2.08. The van der Waals surface area contributed by atoms with Gasteiger partial charge in [-0.2, -0.15) is 4.98 Å². The number of hydrogen-bond donors (Lipinski definition) is 1. The summed E-state index contributed by atoms with van der Waals surface area (Å²) in [5, 5.41) is 4.18. The number of aromatic nitrogens is 5. The minimum Gasteiger partial charge on any atom is -0.437 e. The van der Waals surface area contributed by atoms with E-state index in [1.54, 1.807) is 17.7 Å². The molecule has 5 rings (SSSR count). The molecule has 0 aliphatic rings. The van der Waals surface area contributed by atoms with Crippen molar-refractivity contribution in [3.63, 3.8) is 0 Å². The molecular formula is C24H22N6OS. The summed E-state index contributed by atoms with van der Waals surface area (Å²) < 4.78 is 8.06. The summed E-state index contributed by atoms with van der Waals surface area (Å²) in [5.41, 5.74) is 3.54. The van der Waals surface area contributed by atoms with Gasteiger partial charge in [0, 0.05) is 18.4 Å². The Bertz CT molecular complexity index is 1330. The number of anilines is 2. The Labute approximate surface area is 189 Å². The molecule has 8 heteroatoms. The Kier molecular flexibility index (Phi) is 5.51. The molecule has 0 amide bonds. The van der Waals surface area contributed by atoms with E-state index >= 15 is 0 Å². The van der Waals surface area contributed by atoms with Crippen LogP contribution in [0.2, 0.25) is 0 Å². The topological polar surface area (TPSA) is 77.8 Å². The fraction of sp³-hybridized carbons (Fsp3) is 0.167. The van der Waals surface area contributed by atoms with Gasteiger partial charge in [-0.15, -0.1) is 0 Å². The summed E-state index contributed by atoms with van der Waals surface area (Å²) in [4.78, 5) is 18.7. The molecule has 0 fully saturated rings. The molecule has 0 atom stereocenters. The summed E-state index contributed by atoms with van der Waals surface area (Å²) in [6.07, 6.45) is 5.18. The van der Waals surface area contributed by atoms with E-state index in [4.69, 9.17) is 4.74 Å². The van der Waals surface area contributed by atoms with Crippen LogP contribution in [0.5, 0.6) is 11.6 Å². The van der Waals surface area contributed by atoms with Crippen molar-refractivity contribution >= 4 is 33.3 Å². The van der Waals surface area contributed by atoms with Crippen molar-refractivity contribution < 1.29 is 4.74 Å². The van der Waals surface area contributed by atoms with Gasteiger partial charge in [0.1, 0.15) is 12.1 Å². The highest BCUT2D eigenvalue weighted by Crippen LogP contribution is 2.33. The molecule has 0 aliphatic carbocycles. The predicted molar refractivity (Wildman–Crippen MR) is 128 cm³/mol. The fourth-order valence-corrected chi connectivity index (χ4v) is 4.21. The standard InChI is InChI=1S/C24H22N6OS/c1-16(2)13-30-15-28-21-22(30)26-14-27-23(21)31-19-10-8-17(9-11-19)20-12-25-24(32-20)29-18-6-4-3-5-7-18/h3-12,14-16H,13H2,1-2H3,(H,25,29). The van der Waals surface area contributed by atoms with E-state index < -0.39 is 0 Å². The minimum absolute atomic E-state index is 0.456. The van der Waals surface area contributed by atoms with Gasteiger partial charge in [-0.25, -0.2) is 15.0 Å². The van der Waals surface area contributed by atoms with Crippen molar-refractivity contribution in [1.82, 2.24) is 24.5 Å². The second-order valence-electron chi connectivity index (χ2n) is 7.79. The first-order chi connectivity index (χ1) is 15.7. The Morgan fingerprint density at radius 1 is 0.969 bits per heavy atom. The summed E-state index contributed by atoms with van der Waals surface area (Å²) in [5.74, 6) is 1.64. The van der Waals surface area contributed by atoms with Gasteiger partial charge >= 0.3 is 0 Å². The first-order valence-corrected chi connectivity index (χ1v) is 11.2. The number of imidazole rings is 1. The molecule has 32 heavy (non-hydrogen) atoms. The van der Waals surface area contributed by atoms with Gasteiger partial charge < -0.3 is 14.6 Å². The number of rotatable bonds is 7. The number of ether oxygens (including phenoxy) is 1. The maximum absolute atomic E-state index is 6.03. The SMILES string of the molecule is CC(C)Cn1cnc2c(Oc3ccc(-c4cnc(Nc5ccccc5)s4)cc3)ncnc21. The van der Waals surface area contributed by atoms with Crippen molar-refractivity contribution in [2.45, 2.75) is 20.4 Å². The van der Waals surface area contributed by atoms with Crippen LogP contribution in [0.1, 0.15) is 13.8 Å². The van der Waals surface area contributed by atoms with Gasteiger partial charge in [0.05, 0.1) is 11.2 Å². The highest BCUT2D eigenvalue weighted by molar-refractivity contribution is 7.18. The summed E-state index contributed by atoms with van der Waals surface area (Å²) >= 11 is 1.60. The van der Waals surface area contributed by atoms with Crippen molar-refractivity contribution in [1.29, 1.82) is 0 Å². The quantitative estimate of drug-likeness (QED) is 0.326. The molecule has 0 bridgehead atoms. The van der Waals surface area contributed by atoms with Crippen LogP contribution in [-0.2, 0) is 6.54 Å². The Hall–Kier alpha value is -3.78. The number of nitrogens with zero attached hydrogens (tertiary/aromatic N) is 5. The molecule has 2 aromatic carbocycles. The van der Waals surface area contributed by atoms with Crippen molar-refractivity contribution in [3.8, 4) is 22.1 Å². The highest BCUT2D eigenvalue weighted by Gasteiger charge is 2.13. The van der Waals surface area contributed by atoms with Crippen LogP contribution in [0.25, 0.3) is 21.6 Å².